The Morgan fingerprint density at radius 2 is 2.29 bits per heavy atom. The van der Waals surface area contributed by atoms with Crippen LogP contribution in [0, 0.1) is 11.8 Å². The maximum atomic E-state index is 10.4. The van der Waals surface area contributed by atoms with Crippen LogP contribution in [0.4, 0.5) is 0 Å². The lowest BCUT2D eigenvalue weighted by Gasteiger charge is -2.02. The topological polar surface area (TPSA) is 68.9 Å². The van der Waals surface area contributed by atoms with Crippen LogP contribution in [0.15, 0.2) is 12.3 Å². The summed E-state index contributed by atoms with van der Waals surface area (Å²) < 4.78 is 0. The van der Waals surface area contributed by atoms with Crippen LogP contribution < -0.4 is 5.73 Å². The van der Waals surface area contributed by atoms with Gasteiger partial charge in [-0.3, -0.25) is 4.79 Å². The molecule has 1 aromatic rings. The third-order valence-corrected chi connectivity index (χ3v) is 1.57. The van der Waals surface area contributed by atoms with E-state index in [-0.39, 0.29) is 0 Å². The molecule has 72 valence electrons. The molecule has 1 aromatic heterocycles. The Hall–Kier alpha value is -1.89. The Balaban J connectivity index is 2.96. The van der Waals surface area contributed by atoms with Gasteiger partial charge in [-0.05, 0) is 17.9 Å². The third kappa shape index (κ3) is 2.87. The van der Waals surface area contributed by atoms with Crippen molar-refractivity contribution in [2.24, 2.45) is 5.73 Å². The maximum Gasteiger partial charge on any atom is 0.293 e. The lowest BCUT2D eigenvalue weighted by atomic mass is 10.1. The van der Waals surface area contributed by atoms with E-state index in [0.717, 1.165) is 5.69 Å². The number of nitrogens with zero attached hydrogens (tertiary/aromatic N) is 2. The molecule has 0 fully saturated rings. The zero-order valence-electron chi connectivity index (χ0n) is 8.11. The van der Waals surface area contributed by atoms with Crippen LogP contribution in [0.5, 0.6) is 0 Å². The SMILES string of the molecule is CC(C)c1ccnc(C#CC(N)=O)n1. The largest absolute Gasteiger partial charge is 0.359 e. The van der Waals surface area contributed by atoms with E-state index in [1.165, 1.54) is 0 Å². The highest BCUT2D eigenvalue weighted by Crippen LogP contribution is 2.09. The second-order valence-electron chi connectivity index (χ2n) is 3.07. The summed E-state index contributed by atoms with van der Waals surface area (Å²) in [5.41, 5.74) is 5.77. The van der Waals surface area contributed by atoms with Gasteiger partial charge in [-0.25, -0.2) is 9.97 Å². The molecule has 0 radical (unpaired) electrons. The molecule has 2 N–H and O–H groups in total. The molecule has 4 nitrogen and oxygen atoms in total. The molecule has 0 saturated carbocycles. The highest BCUT2D eigenvalue weighted by Gasteiger charge is 2.00. The van der Waals surface area contributed by atoms with Crippen molar-refractivity contribution in [2.75, 3.05) is 0 Å². The number of primary amides is 1. The van der Waals surface area contributed by atoms with Gasteiger partial charge in [0.25, 0.3) is 5.91 Å². The highest BCUT2D eigenvalue weighted by molar-refractivity contribution is 5.92. The van der Waals surface area contributed by atoms with Gasteiger partial charge in [0.2, 0.25) is 5.82 Å². The number of carbonyl (C=O) groups excluding carboxylic acids is 1. The minimum Gasteiger partial charge on any atom is -0.359 e. The Bertz CT molecular complexity index is 401. The molecule has 1 heterocycles. The number of nitrogens with two attached hydrogens (primary N) is 1. The van der Waals surface area contributed by atoms with Crippen molar-refractivity contribution < 1.29 is 4.79 Å². The van der Waals surface area contributed by atoms with Gasteiger partial charge in [-0.1, -0.05) is 13.8 Å². The van der Waals surface area contributed by atoms with E-state index >= 15 is 0 Å². The molecule has 1 amide bonds. The summed E-state index contributed by atoms with van der Waals surface area (Å²) in [7, 11) is 0. The molecular weight excluding hydrogens is 178 g/mol. The molecule has 14 heavy (non-hydrogen) atoms. The van der Waals surface area contributed by atoms with Crippen LogP contribution in [0.2, 0.25) is 0 Å². The number of amides is 1. The van der Waals surface area contributed by atoms with Gasteiger partial charge in [-0.15, -0.1) is 0 Å². The van der Waals surface area contributed by atoms with Crippen molar-refractivity contribution in [1.82, 2.24) is 9.97 Å². The zero-order chi connectivity index (χ0) is 10.6. The normalized spacial score (nSPS) is 9.36. The third-order valence-electron chi connectivity index (χ3n) is 1.57. The first-order chi connectivity index (χ1) is 6.59. The molecule has 0 aromatic carbocycles. The van der Waals surface area contributed by atoms with Crippen molar-refractivity contribution >= 4 is 5.91 Å². The molecule has 0 atom stereocenters. The van der Waals surface area contributed by atoms with Crippen LogP contribution in [0.1, 0.15) is 31.3 Å². The van der Waals surface area contributed by atoms with Gasteiger partial charge < -0.3 is 5.73 Å². The number of aromatic nitrogens is 2. The van der Waals surface area contributed by atoms with E-state index < -0.39 is 5.91 Å². The van der Waals surface area contributed by atoms with Crippen LogP contribution >= 0.6 is 0 Å². The van der Waals surface area contributed by atoms with Crippen LogP contribution in [-0.4, -0.2) is 15.9 Å². The summed E-state index contributed by atoms with van der Waals surface area (Å²) in [6, 6.07) is 1.82. The monoisotopic (exact) mass is 189 g/mol. The number of carbonyl (C=O) groups is 1. The second kappa shape index (κ2) is 4.38. The minimum absolute atomic E-state index is 0.312. The fourth-order valence-electron chi connectivity index (χ4n) is 0.872. The van der Waals surface area contributed by atoms with Crippen molar-refractivity contribution in [3.8, 4) is 11.8 Å². The van der Waals surface area contributed by atoms with E-state index in [4.69, 9.17) is 5.73 Å². The van der Waals surface area contributed by atoms with E-state index in [1.54, 1.807) is 6.20 Å². The molecule has 0 spiro atoms. The fourth-order valence-corrected chi connectivity index (χ4v) is 0.872. The van der Waals surface area contributed by atoms with Crippen LogP contribution in [0.25, 0.3) is 0 Å². The molecule has 0 aliphatic carbocycles. The molecule has 0 saturated heterocycles. The smallest absolute Gasteiger partial charge is 0.293 e. The zero-order valence-corrected chi connectivity index (χ0v) is 8.11. The second-order valence-corrected chi connectivity index (χ2v) is 3.07. The standard InChI is InChI=1S/C10H11N3O/c1-7(2)8-5-6-12-10(13-8)4-3-9(11)14/h5-7H,1-2H3,(H2,11,14). The summed E-state index contributed by atoms with van der Waals surface area (Å²) in [5, 5.41) is 0. The Morgan fingerprint density at radius 3 is 2.86 bits per heavy atom. The molecule has 0 unspecified atom stereocenters. The predicted octanol–water partition coefficient (Wildman–Crippen LogP) is 0.437. The average Bonchev–Trinajstić information content (AvgIpc) is 2.15. The molecule has 4 heteroatoms. The number of hydrogen-bond acceptors (Lipinski definition) is 3. The lowest BCUT2D eigenvalue weighted by molar-refractivity contribution is -0.112. The van der Waals surface area contributed by atoms with Crippen LogP contribution in [0.3, 0.4) is 0 Å². The Morgan fingerprint density at radius 1 is 1.57 bits per heavy atom. The Labute approximate surface area is 82.6 Å². The number of rotatable bonds is 1. The summed E-state index contributed by atoms with van der Waals surface area (Å²) >= 11 is 0. The fraction of sp³-hybridized carbons (Fsp3) is 0.300. The van der Waals surface area contributed by atoms with Crippen molar-refractivity contribution in [3.63, 3.8) is 0 Å². The average molecular weight is 189 g/mol. The van der Waals surface area contributed by atoms with Gasteiger partial charge >= 0.3 is 0 Å². The van der Waals surface area contributed by atoms with Gasteiger partial charge in [0.05, 0.1) is 0 Å². The van der Waals surface area contributed by atoms with Crippen molar-refractivity contribution in [3.05, 3.63) is 23.8 Å². The van der Waals surface area contributed by atoms with E-state index in [1.807, 2.05) is 19.9 Å². The molecule has 0 aliphatic rings. The Kier molecular flexibility index (Phi) is 3.19. The first kappa shape index (κ1) is 10.2. The molecule has 1 rings (SSSR count). The van der Waals surface area contributed by atoms with E-state index in [9.17, 15) is 4.79 Å². The van der Waals surface area contributed by atoms with Gasteiger partial charge in [-0.2, -0.15) is 0 Å². The first-order valence-corrected chi connectivity index (χ1v) is 4.24. The quantitative estimate of drug-likeness (QED) is 0.651. The highest BCUT2D eigenvalue weighted by atomic mass is 16.1. The van der Waals surface area contributed by atoms with E-state index in [2.05, 4.69) is 21.8 Å². The maximum absolute atomic E-state index is 10.4. The summed E-state index contributed by atoms with van der Waals surface area (Å²) in [6.07, 6.45) is 1.62. The number of hydrogen-bond donors (Lipinski definition) is 1. The predicted molar refractivity (Wildman–Crippen MR) is 52.2 cm³/mol. The van der Waals surface area contributed by atoms with Gasteiger partial charge in [0.1, 0.15) is 0 Å². The van der Waals surface area contributed by atoms with E-state index in [0.29, 0.717) is 11.7 Å². The van der Waals surface area contributed by atoms with Crippen LogP contribution in [-0.2, 0) is 4.79 Å². The first-order valence-electron chi connectivity index (χ1n) is 4.24. The summed E-state index contributed by atoms with van der Waals surface area (Å²) in [5.74, 6) is 4.65. The van der Waals surface area contributed by atoms with Crippen molar-refractivity contribution in [2.45, 2.75) is 19.8 Å². The molecule has 0 aliphatic heterocycles. The molecule has 0 bridgehead atoms. The summed E-state index contributed by atoms with van der Waals surface area (Å²) in [6.45, 7) is 4.04. The molecular formula is C10H11N3O. The minimum atomic E-state index is -0.677. The van der Waals surface area contributed by atoms with Crippen molar-refractivity contribution in [1.29, 1.82) is 0 Å². The van der Waals surface area contributed by atoms with Gasteiger partial charge in [0.15, 0.2) is 0 Å². The summed E-state index contributed by atoms with van der Waals surface area (Å²) in [4.78, 5) is 18.4. The lowest BCUT2D eigenvalue weighted by Crippen LogP contribution is -2.06. The van der Waals surface area contributed by atoms with Gasteiger partial charge in [0, 0.05) is 17.8 Å².